The van der Waals surface area contributed by atoms with Gasteiger partial charge in [0, 0.05) is 6.42 Å². The van der Waals surface area contributed by atoms with E-state index in [0.717, 1.165) is 25.7 Å². The SMILES string of the molecule is CCC(=O)OC(CC)(CC)C1=CC=CCC1. The molecule has 0 aromatic heterocycles. The molecule has 0 fully saturated rings. The molecule has 2 heteroatoms. The van der Waals surface area contributed by atoms with E-state index in [1.807, 2.05) is 6.92 Å². The van der Waals surface area contributed by atoms with Crippen LogP contribution in [0.25, 0.3) is 0 Å². The van der Waals surface area contributed by atoms with Crippen molar-refractivity contribution in [2.45, 2.75) is 58.5 Å². The van der Waals surface area contributed by atoms with Gasteiger partial charge in [0.25, 0.3) is 0 Å². The molecule has 0 radical (unpaired) electrons. The fourth-order valence-corrected chi connectivity index (χ4v) is 2.19. The number of carbonyl (C=O) groups is 1. The zero-order valence-corrected chi connectivity index (χ0v) is 10.6. The molecule has 0 aliphatic heterocycles. The Kier molecular flexibility index (Phi) is 4.78. The van der Waals surface area contributed by atoms with E-state index >= 15 is 0 Å². The topological polar surface area (TPSA) is 26.3 Å². The maximum atomic E-state index is 11.5. The van der Waals surface area contributed by atoms with Gasteiger partial charge in [-0.3, -0.25) is 4.79 Å². The van der Waals surface area contributed by atoms with Gasteiger partial charge in [-0.05, 0) is 31.3 Å². The van der Waals surface area contributed by atoms with Crippen LogP contribution in [0.1, 0.15) is 52.9 Å². The summed E-state index contributed by atoms with van der Waals surface area (Å²) >= 11 is 0. The molecule has 1 rings (SSSR count). The lowest BCUT2D eigenvalue weighted by Crippen LogP contribution is -2.36. The Hall–Kier alpha value is -1.05. The minimum absolute atomic E-state index is 0.0980. The summed E-state index contributed by atoms with van der Waals surface area (Å²) in [6, 6.07) is 0. The molecule has 0 saturated heterocycles. The molecule has 1 aliphatic carbocycles. The highest BCUT2D eigenvalue weighted by Gasteiger charge is 2.34. The normalized spacial score (nSPS) is 15.8. The maximum Gasteiger partial charge on any atom is 0.306 e. The number of hydrogen-bond acceptors (Lipinski definition) is 2. The number of carbonyl (C=O) groups excluding carboxylic acids is 1. The average Bonchev–Trinajstić information content (AvgIpc) is 2.37. The van der Waals surface area contributed by atoms with E-state index in [2.05, 4.69) is 32.1 Å². The van der Waals surface area contributed by atoms with Crippen LogP contribution in [0.4, 0.5) is 0 Å². The van der Waals surface area contributed by atoms with Gasteiger partial charge in [0.15, 0.2) is 0 Å². The van der Waals surface area contributed by atoms with Gasteiger partial charge in [-0.15, -0.1) is 0 Å². The molecule has 2 nitrogen and oxygen atoms in total. The Labute approximate surface area is 98.4 Å². The second-order valence-corrected chi connectivity index (χ2v) is 4.19. The molecule has 0 aromatic rings. The van der Waals surface area contributed by atoms with Crippen LogP contribution in [0.2, 0.25) is 0 Å². The molecule has 0 bridgehead atoms. The van der Waals surface area contributed by atoms with E-state index in [0.29, 0.717) is 6.42 Å². The van der Waals surface area contributed by atoms with Crippen molar-refractivity contribution in [3.63, 3.8) is 0 Å². The minimum Gasteiger partial charge on any atom is -0.455 e. The first-order chi connectivity index (χ1) is 7.68. The molecular formula is C14H22O2. The highest BCUT2D eigenvalue weighted by atomic mass is 16.6. The largest absolute Gasteiger partial charge is 0.455 e. The van der Waals surface area contributed by atoms with Crippen molar-refractivity contribution in [3.05, 3.63) is 23.8 Å². The molecule has 0 N–H and O–H groups in total. The van der Waals surface area contributed by atoms with Gasteiger partial charge >= 0.3 is 5.97 Å². The average molecular weight is 222 g/mol. The summed E-state index contributed by atoms with van der Waals surface area (Å²) in [4.78, 5) is 11.5. The molecular weight excluding hydrogens is 200 g/mol. The minimum atomic E-state index is -0.363. The van der Waals surface area contributed by atoms with E-state index in [-0.39, 0.29) is 11.6 Å². The van der Waals surface area contributed by atoms with E-state index in [4.69, 9.17) is 4.74 Å². The third kappa shape index (κ3) is 2.75. The monoisotopic (exact) mass is 222 g/mol. The molecule has 0 amide bonds. The number of allylic oxidation sites excluding steroid dienone is 3. The predicted octanol–water partition coefficient (Wildman–Crippen LogP) is 3.77. The van der Waals surface area contributed by atoms with Gasteiger partial charge in [0.05, 0.1) is 0 Å². The quantitative estimate of drug-likeness (QED) is 0.662. The van der Waals surface area contributed by atoms with Crippen LogP contribution in [-0.2, 0) is 9.53 Å². The van der Waals surface area contributed by atoms with Gasteiger partial charge in [-0.2, -0.15) is 0 Å². The van der Waals surface area contributed by atoms with E-state index < -0.39 is 0 Å². The lowest BCUT2D eigenvalue weighted by atomic mass is 9.83. The fraction of sp³-hybridized carbons (Fsp3) is 0.643. The van der Waals surface area contributed by atoms with Crippen molar-refractivity contribution < 1.29 is 9.53 Å². The summed E-state index contributed by atoms with van der Waals surface area (Å²) in [6.45, 7) is 6.02. The lowest BCUT2D eigenvalue weighted by Gasteiger charge is -2.35. The van der Waals surface area contributed by atoms with E-state index in [1.165, 1.54) is 5.57 Å². The number of esters is 1. The Bertz CT molecular complexity index is 296. The predicted molar refractivity (Wildman–Crippen MR) is 66.2 cm³/mol. The summed E-state index contributed by atoms with van der Waals surface area (Å²) in [7, 11) is 0. The maximum absolute atomic E-state index is 11.5. The standard InChI is InChI=1S/C14H22O2/c1-4-13(15)16-14(5-2,6-3)12-10-8-7-9-11-12/h7-8,10H,4-6,9,11H2,1-3H3. The number of rotatable bonds is 5. The highest BCUT2D eigenvalue weighted by molar-refractivity contribution is 5.70. The molecule has 0 spiro atoms. The first-order valence-corrected chi connectivity index (χ1v) is 6.26. The first kappa shape index (κ1) is 13.0. The van der Waals surface area contributed by atoms with Gasteiger partial charge in [0.1, 0.15) is 5.60 Å². The van der Waals surface area contributed by atoms with Crippen LogP contribution >= 0.6 is 0 Å². The third-order valence-electron chi connectivity index (χ3n) is 3.34. The first-order valence-electron chi connectivity index (χ1n) is 6.26. The third-order valence-corrected chi connectivity index (χ3v) is 3.34. The van der Waals surface area contributed by atoms with Gasteiger partial charge in [-0.1, -0.05) is 39.0 Å². The Balaban J connectivity index is 2.90. The molecule has 0 heterocycles. The molecule has 90 valence electrons. The second kappa shape index (κ2) is 5.88. The molecule has 1 aliphatic rings. The van der Waals surface area contributed by atoms with Crippen molar-refractivity contribution in [2.24, 2.45) is 0 Å². The number of ether oxygens (including phenoxy) is 1. The van der Waals surface area contributed by atoms with Crippen LogP contribution in [0.3, 0.4) is 0 Å². The van der Waals surface area contributed by atoms with Gasteiger partial charge in [0.2, 0.25) is 0 Å². The Morgan fingerprint density at radius 1 is 1.38 bits per heavy atom. The fourth-order valence-electron chi connectivity index (χ4n) is 2.19. The molecule has 0 atom stereocenters. The lowest BCUT2D eigenvalue weighted by molar-refractivity contribution is -0.156. The van der Waals surface area contributed by atoms with E-state index in [9.17, 15) is 4.79 Å². The van der Waals surface area contributed by atoms with Crippen molar-refractivity contribution in [3.8, 4) is 0 Å². The summed E-state index contributed by atoms with van der Waals surface area (Å²) in [5.41, 5.74) is 0.902. The van der Waals surface area contributed by atoms with Crippen LogP contribution in [0, 0.1) is 0 Å². The van der Waals surface area contributed by atoms with Crippen molar-refractivity contribution in [2.75, 3.05) is 0 Å². The van der Waals surface area contributed by atoms with E-state index in [1.54, 1.807) is 0 Å². The second-order valence-electron chi connectivity index (χ2n) is 4.19. The van der Waals surface area contributed by atoms with Crippen LogP contribution in [0.5, 0.6) is 0 Å². The Morgan fingerprint density at radius 3 is 2.50 bits per heavy atom. The summed E-state index contributed by atoms with van der Waals surface area (Å²) in [6.07, 6.45) is 10.6. The van der Waals surface area contributed by atoms with Crippen LogP contribution in [0.15, 0.2) is 23.8 Å². The Morgan fingerprint density at radius 2 is 2.06 bits per heavy atom. The zero-order valence-electron chi connectivity index (χ0n) is 10.6. The zero-order chi connectivity index (χ0) is 12.0. The van der Waals surface area contributed by atoms with Crippen LogP contribution in [-0.4, -0.2) is 11.6 Å². The number of hydrogen-bond donors (Lipinski definition) is 0. The highest BCUT2D eigenvalue weighted by Crippen LogP contribution is 2.34. The summed E-state index contributed by atoms with van der Waals surface area (Å²) < 4.78 is 5.68. The smallest absolute Gasteiger partial charge is 0.306 e. The van der Waals surface area contributed by atoms with Crippen LogP contribution < -0.4 is 0 Å². The van der Waals surface area contributed by atoms with Gasteiger partial charge < -0.3 is 4.74 Å². The molecule has 16 heavy (non-hydrogen) atoms. The molecule has 0 saturated carbocycles. The van der Waals surface area contributed by atoms with Gasteiger partial charge in [-0.25, -0.2) is 0 Å². The molecule has 0 unspecified atom stereocenters. The van der Waals surface area contributed by atoms with Crippen molar-refractivity contribution >= 4 is 5.97 Å². The summed E-state index contributed by atoms with van der Waals surface area (Å²) in [5.74, 6) is -0.0980. The van der Waals surface area contributed by atoms with Crippen molar-refractivity contribution in [1.29, 1.82) is 0 Å². The molecule has 0 aromatic carbocycles. The summed E-state index contributed by atoms with van der Waals surface area (Å²) in [5, 5.41) is 0. The van der Waals surface area contributed by atoms with Crippen molar-refractivity contribution in [1.82, 2.24) is 0 Å².